The Bertz CT molecular complexity index is 908. The number of carbonyl (C=O) groups is 2. The molecule has 0 bridgehead atoms. The number of carboxylic acid groups (broad SMARTS) is 2. The number of carboxylic acids is 2. The number of hydrogen-bond acceptors (Lipinski definition) is 4. The average molecular weight is 410 g/mol. The second kappa shape index (κ2) is 10.8. The van der Waals surface area contributed by atoms with Crippen LogP contribution in [0.4, 0.5) is 0 Å². The molecule has 7 nitrogen and oxygen atoms in total. The number of nitrogens with zero attached hydrogens (tertiary/aromatic N) is 2. The Balaban J connectivity index is 0.000000469. The third kappa shape index (κ3) is 6.77. The van der Waals surface area contributed by atoms with Gasteiger partial charge in [-0.25, -0.2) is 14.6 Å². The summed E-state index contributed by atoms with van der Waals surface area (Å²) < 4.78 is 7.91. The van der Waals surface area contributed by atoms with E-state index < -0.39 is 11.9 Å². The van der Waals surface area contributed by atoms with Crippen molar-refractivity contribution in [2.45, 2.75) is 32.2 Å². The molecule has 1 heterocycles. The highest BCUT2D eigenvalue weighted by molar-refractivity contribution is 6.27. The summed E-state index contributed by atoms with van der Waals surface area (Å²) in [5.74, 6) is -2.72. The number of imidazole rings is 1. The lowest BCUT2D eigenvalue weighted by Crippen LogP contribution is -2.18. The molecular formula is C23H26N2O5. The van der Waals surface area contributed by atoms with Gasteiger partial charge in [-0.1, -0.05) is 56.3 Å². The Morgan fingerprint density at radius 3 is 2.10 bits per heavy atom. The highest BCUT2D eigenvalue weighted by Crippen LogP contribution is 2.32. The molecule has 0 saturated heterocycles. The maximum absolute atomic E-state index is 9.10. The summed E-state index contributed by atoms with van der Waals surface area (Å²) in [7, 11) is 0. The topological polar surface area (TPSA) is 102 Å². The fraction of sp³-hybridized carbons (Fsp3) is 0.261. The van der Waals surface area contributed by atoms with Gasteiger partial charge < -0.3 is 19.5 Å². The van der Waals surface area contributed by atoms with Crippen LogP contribution in [0.25, 0.3) is 0 Å². The molecule has 0 aliphatic heterocycles. The van der Waals surface area contributed by atoms with Crippen molar-refractivity contribution in [1.29, 1.82) is 0 Å². The van der Waals surface area contributed by atoms with E-state index in [1.54, 1.807) is 6.20 Å². The number of aliphatic carboxylic acids is 2. The van der Waals surface area contributed by atoms with Crippen LogP contribution in [0.2, 0.25) is 0 Å². The van der Waals surface area contributed by atoms with Gasteiger partial charge in [-0.05, 0) is 29.7 Å². The number of rotatable bonds is 7. The molecule has 0 radical (unpaired) electrons. The van der Waals surface area contributed by atoms with Gasteiger partial charge in [-0.3, -0.25) is 0 Å². The van der Waals surface area contributed by atoms with Gasteiger partial charge in [0.25, 0.3) is 0 Å². The monoisotopic (exact) mass is 410 g/mol. The van der Waals surface area contributed by atoms with E-state index in [2.05, 4.69) is 78.0 Å². The molecular weight excluding hydrogens is 384 g/mol. The quantitative estimate of drug-likeness (QED) is 0.453. The van der Waals surface area contributed by atoms with Crippen molar-refractivity contribution < 1.29 is 24.5 Å². The van der Waals surface area contributed by atoms with Gasteiger partial charge in [-0.2, -0.15) is 0 Å². The van der Waals surface area contributed by atoms with Gasteiger partial charge in [-0.15, -0.1) is 0 Å². The molecule has 30 heavy (non-hydrogen) atoms. The van der Waals surface area contributed by atoms with Gasteiger partial charge >= 0.3 is 11.9 Å². The Kier molecular flexibility index (Phi) is 8.17. The molecule has 1 aromatic heterocycles. The summed E-state index contributed by atoms with van der Waals surface area (Å²) in [4.78, 5) is 22.2. The van der Waals surface area contributed by atoms with E-state index >= 15 is 0 Å². The van der Waals surface area contributed by atoms with Crippen molar-refractivity contribution in [2.75, 3.05) is 6.61 Å². The molecule has 3 rings (SSSR count). The molecule has 0 saturated carbocycles. The zero-order valence-electron chi connectivity index (χ0n) is 17.1. The molecule has 0 atom stereocenters. The Hall–Kier alpha value is -3.61. The standard InChI is InChI=1S/C21H24N2O.C2H2O4/c1-21(2,18-7-4-3-5-8-18)19-9-11-20(12-10-19)24-16-6-14-23-15-13-22-17-23;3-1(4)2(5)6/h3-5,7-13,15,17H,6,14,16H2,1-2H3;(H,3,4)(H,5,6). The molecule has 0 spiro atoms. The molecule has 2 N–H and O–H groups in total. The first-order valence-corrected chi connectivity index (χ1v) is 9.51. The van der Waals surface area contributed by atoms with Crippen LogP contribution >= 0.6 is 0 Å². The smallest absolute Gasteiger partial charge is 0.414 e. The Labute approximate surface area is 175 Å². The predicted octanol–water partition coefficient (Wildman–Crippen LogP) is 3.83. The summed E-state index contributed by atoms with van der Waals surface area (Å²) >= 11 is 0. The number of hydrogen-bond donors (Lipinski definition) is 2. The normalized spacial score (nSPS) is 10.6. The Morgan fingerprint density at radius 2 is 1.57 bits per heavy atom. The largest absolute Gasteiger partial charge is 0.494 e. The number of aryl methyl sites for hydroxylation is 1. The fourth-order valence-corrected chi connectivity index (χ4v) is 2.85. The minimum Gasteiger partial charge on any atom is -0.494 e. The fourth-order valence-electron chi connectivity index (χ4n) is 2.85. The highest BCUT2D eigenvalue weighted by atomic mass is 16.5. The maximum Gasteiger partial charge on any atom is 0.414 e. The lowest BCUT2D eigenvalue weighted by molar-refractivity contribution is -0.159. The lowest BCUT2D eigenvalue weighted by atomic mass is 9.78. The van der Waals surface area contributed by atoms with Crippen LogP contribution in [0.1, 0.15) is 31.4 Å². The SMILES string of the molecule is CC(C)(c1ccccc1)c1ccc(OCCCn2ccnc2)cc1.O=C(O)C(=O)O. The second-order valence-electron chi connectivity index (χ2n) is 7.13. The van der Waals surface area contributed by atoms with E-state index in [1.807, 2.05) is 12.5 Å². The zero-order valence-corrected chi connectivity index (χ0v) is 17.1. The van der Waals surface area contributed by atoms with Gasteiger partial charge in [0.2, 0.25) is 0 Å². The molecule has 3 aromatic rings. The molecule has 7 heteroatoms. The first-order chi connectivity index (χ1) is 14.3. The van der Waals surface area contributed by atoms with Crippen LogP contribution in [0.3, 0.4) is 0 Å². The van der Waals surface area contributed by atoms with E-state index in [1.165, 1.54) is 11.1 Å². The molecule has 0 aliphatic rings. The van der Waals surface area contributed by atoms with E-state index in [0.29, 0.717) is 6.61 Å². The minimum atomic E-state index is -1.82. The van der Waals surface area contributed by atoms with Gasteiger partial charge in [0, 0.05) is 24.4 Å². The number of aromatic nitrogens is 2. The van der Waals surface area contributed by atoms with Crippen molar-refractivity contribution in [3.8, 4) is 5.75 Å². The van der Waals surface area contributed by atoms with E-state index in [-0.39, 0.29) is 5.41 Å². The van der Waals surface area contributed by atoms with Crippen molar-refractivity contribution >= 4 is 11.9 Å². The zero-order chi connectivity index (χ0) is 22.0. The van der Waals surface area contributed by atoms with Crippen LogP contribution in [0, 0.1) is 0 Å². The van der Waals surface area contributed by atoms with Crippen molar-refractivity contribution in [3.63, 3.8) is 0 Å². The maximum atomic E-state index is 9.10. The molecule has 2 aromatic carbocycles. The summed E-state index contributed by atoms with van der Waals surface area (Å²) in [6, 6.07) is 19.1. The van der Waals surface area contributed by atoms with Gasteiger partial charge in [0.1, 0.15) is 5.75 Å². The molecule has 0 aliphatic carbocycles. The third-order valence-corrected chi connectivity index (χ3v) is 4.64. The second-order valence-corrected chi connectivity index (χ2v) is 7.13. The van der Waals surface area contributed by atoms with Gasteiger partial charge in [0.15, 0.2) is 0 Å². The number of ether oxygens (including phenoxy) is 1. The first-order valence-electron chi connectivity index (χ1n) is 9.51. The van der Waals surface area contributed by atoms with Crippen LogP contribution in [0.5, 0.6) is 5.75 Å². The average Bonchev–Trinajstić information content (AvgIpc) is 3.26. The molecule has 0 unspecified atom stereocenters. The van der Waals surface area contributed by atoms with Crippen LogP contribution < -0.4 is 4.74 Å². The van der Waals surface area contributed by atoms with Crippen LogP contribution in [0.15, 0.2) is 73.3 Å². The minimum absolute atomic E-state index is 0.0127. The summed E-state index contributed by atoms with van der Waals surface area (Å²) in [5.41, 5.74) is 2.60. The van der Waals surface area contributed by atoms with E-state index in [4.69, 9.17) is 24.5 Å². The van der Waals surface area contributed by atoms with Crippen molar-refractivity contribution in [3.05, 3.63) is 84.4 Å². The number of benzene rings is 2. The molecule has 158 valence electrons. The van der Waals surface area contributed by atoms with Crippen molar-refractivity contribution in [1.82, 2.24) is 9.55 Å². The van der Waals surface area contributed by atoms with E-state index in [9.17, 15) is 0 Å². The van der Waals surface area contributed by atoms with Crippen LogP contribution in [-0.2, 0) is 21.5 Å². The molecule has 0 fully saturated rings. The predicted molar refractivity (Wildman–Crippen MR) is 113 cm³/mol. The van der Waals surface area contributed by atoms with Crippen LogP contribution in [-0.4, -0.2) is 38.3 Å². The van der Waals surface area contributed by atoms with E-state index in [0.717, 1.165) is 18.7 Å². The third-order valence-electron chi connectivity index (χ3n) is 4.64. The lowest BCUT2D eigenvalue weighted by Gasteiger charge is -2.26. The summed E-state index contributed by atoms with van der Waals surface area (Å²) in [5, 5.41) is 14.8. The summed E-state index contributed by atoms with van der Waals surface area (Å²) in [6.45, 7) is 6.14. The highest BCUT2D eigenvalue weighted by Gasteiger charge is 2.22. The Morgan fingerprint density at radius 1 is 0.967 bits per heavy atom. The van der Waals surface area contributed by atoms with Gasteiger partial charge in [0.05, 0.1) is 12.9 Å². The summed E-state index contributed by atoms with van der Waals surface area (Å²) in [6.07, 6.45) is 6.57. The molecule has 0 amide bonds. The van der Waals surface area contributed by atoms with Crippen molar-refractivity contribution in [2.24, 2.45) is 0 Å². The first kappa shape index (κ1) is 22.7.